The zero-order valence-electron chi connectivity index (χ0n) is 9.12. The van der Waals surface area contributed by atoms with Gasteiger partial charge in [-0.3, -0.25) is 4.79 Å². The minimum atomic E-state index is -0.107. The molecule has 0 saturated heterocycles. The Kier molecular flexibility index (Phi) is 9.38. The molecule has 0 atom stereocenters. The zero-order chi connectivity index (χ0) is 10.6. The molecule has 0 aromatic heterocycles. The average molecular weight is 200 g/mol. The highest BCUT2D eigenvalue weighted by Crippen LogP contribution is 2.06. The summed E-state index contributed by atoms with van der Waals surface area (Å²) in [7, 11) is 3.07. The van der Waals surface area contributed by atoms with Crippen LogP contribution in [0, 0.1) is 0 Å². The Balaban J connectivity index is 3.06. The molecule has 0 saturated carbocycles. The summed E-state index contributed by atoms with van der Waals surface area (Å²) in [6.07, 6.45) is 9.65. The highest BCUT2D eigenvalue weighted by molar-refractivity contribution is 5.68. The number of carbonyl (C=O) groups is 1. The van der Waals surface area contributed by atoms with E-state index in [9.17, 15) is 4.79 Å². The third-order valence-corrected chi connectivity index (χ3v) is 1.96. The van der Waals surface area contributed by atoms with Crippen molar-refractivity contribution in [2.24, 2.45) is 0 Å². The van der Waals surface area contributed by atoms with Gasteiger partial charge in [-0.05, 0) is 25.3 Å². The van der Waals surface area contributed by atoms with Crippen LogP contribution < -0.4 is 0 Å². The van der Waals surface area contributed by atoms with Crippen LogP contribution in [-0.4, -0.2) is 20.2 Å². The highest BCUT2D eigenvalue weighted by atomic mass is 16.5. The number of rotatable bonds is 8. The van der Waals surface area contributed by atoms with Gasteiger partial charge in [0, 0.05) is 6.42 Å². The molecular formula is C11H20O3. The van der Waals surface area contributed by atoms with Crippen LogP contribution in [0.5, 0.6) is 0 Å². The first-order valence-electron chi connectivity index (χ1n) is 5.06. The molecule has 0 radical (unpaired) electrons. The molecule has 0 bridgehead atoms. The highest BCUT2D eigenvalue weighted by Gasteiger charge is 1.98. The van der Waals surface area contributed by atoms with Gasteiger partial charge in [0.1, 0.15) is 0 Å². The number of unbranched alkanes of at least 4 members (excludes halogenated alkanes) is 4. The maximum Gasteiger partial charge on any atom is 0.305 e. The predicted octanol–water partition coefficient (Wildman–Crippen LogP) is 2.66. The van der Waals surface area contributed by atoms with Crippen molar-refractivity contribution in [2.75, 3.05) is 14.2 Å². The fraction of sp³-hybridized carbons (Fsp3) is 0.727. The molecule has 0 spiro atoms. The molecule has 0 aliphatic heterocycles. The summed E-state index contributed by atoms with van der Waals surface area (Å²) in [4.78, 5) is 10.7. The van der Waals surface area contributed by atoms with Crippen LogP contribution in [0.25, 0.3) is 0 Å². The van der Waals surface area contributed by atoms with Crippen LogP contribution in [-0.2, 0) is 14.3 Å². The lowest BCUT2D eigenvalue weighted by atomic mass is 10.1. The number of esters is 1. The molecule has 3 heteroatoms. The van der Waals surface area contributed by atoms with E-state index in [1.54, 1.807) is 13.4 Å². The van der Waals surface area contributed by atoms with Gasteiger partial charge in [0.25, 0.3) is 0 Å². The van der Waals surface area contributed by atoms with E-state index < -0.39 is 0 Å². The van der Waals surface area contributed by atoms with Gasteiger partial charge < -0.3 is 9.47 Å². The second-order valence-electron chi connectivity index (χ2n) is 3.14. The molecule has 0 aliphatic rings. The minimum Gasteiger partial charge on any atom is -0.505 e. The van der Waals surface area contributed by atoms with Crippen LogP contribution in [0.15, 0.2) is 12.3 Å². The quantitative estimate of drug-likeness (QED) is 0.343. The Morgan fingerprint density at radius 3 is 2.50 bits per heavy atom. The topological polar surface area (TPSA) is 35.5 Å². The first kappa shape index (κ1) is 13.0. The van der Waals surface area contributed by atoms with Crippen molar-refractivity contribution in [3.63, 3.8) is 0 Å². The molecule has 0 rings (SSSR count). The molecule has 82 valence electrons. The van der Waals surface area contributed by atoms with Crippen molar-refractivity contribution < 1.29 is 14.3 Å². The summed E-state index contributed by atoms with van der Waals surface area (Å²) in [6.45, 7) is 0. The van der Waals surface area contributed by atoms with Crippen LogP contribution in [0.1, 0.15) is 38.5 Å². The maximum absolute atomic E-state index is 10.7. The summed E-state index contributed by atoms with van der Waals surface area (Å²) < 4.78 is 9.32. The molecule has 14 heavy (non-hydrogen) atoms. The Morgan fingerprint density at radius 2 is 1.86 bits per heavy atom. The molecule has 0 fully saturated rings. The third-order valence-electron chi connectivity index (χ3n) is 1.96. The number of carbonyl (C=O) groups excluding carboxylic acids is 1. The van der Waals surface area contributed by atoms with Gasteiger partial charge in [0.05, 0.1) is 20.5 Å². The van der Waals surface area contributed by atoms with E-state index in [4.69, 9.17) is 4.74 Å². The van der Waals surface area contributed by atoms with E-state index >= 15 is 0 Å². The lowest BCUT2D eigenvalue weighted by Crippen LogP contribution is -1.98. The Labute approximate surface area is 86.1 Å². The van der Waals surface area contributed by atoms with E-state index in [1.807, 2.05) is 6.08 Å². The molecule has 0 amide bonds. The van der Waals surface area contributed by atoms with E-state index in [0.29, 0.717) is 6.42 Å². The zero-order valence-corrected chi connectivity index (χ0v) is 9.12. The van der Waals surface area contributed by atoms with Crippen LogP contribution in [0.2, 0.25) is 0 Å². The average Bonchev–Trinajstić information content (AvgIpc) is 2.21. The minimum absolute atomic E-state index is 0.107. The fourth-order valence-electron chi connectivity index (χ4n) is 1.15. The lowest BCUT2D eigenvalue weighted by molar-refractivity contribution is -0.140. The summed E-state index contributed by atoms with van der Waals surface area (Å²) in [5.74, 6) is -0.107. The van der Waals surface area contributed by atoms with E-state index in [1.165, 1.54) is 7.11 Å². The van der Waals surface area contributed by atoms with Crippen LogP contribution >= 0.6 is 0 Å². The second kappa shape index (κ2) is 10.1. The first-order chi connectivity index (χ1) is 6.81. The standard InChI is InChI=1S/C11H20O3/c1-13-10-8-6-4-3-5-7-9-11(12)14-2/h8,10H,3-7,9H2,1-2H3. The normalized spacial score (nSPS) is 10.4. The van der Waals surface area contributed by atoms with E-state index in [2.05, 4.69) is 4.74 Å². The summed E-state index contributed by atoms with van der Waals surface area (Å²) in [6, 6.07) is 0. The molecule has 0 N–H and O–H groups in total. The van der Waals surface area contributed by atoms with Crippen molar-refractivity contribution in [3.05, 3.63) is 12.3 Å². The largest absolute Gasteiger partial charge is 0.505 e. The smallest absolute Gasteiger partial charge is 0.305 e. The van der Waals surface area contributed by atoms with Crippen molar-refractivity contribution in [2.45, 2.75) is 38.5 Å². The van der Waals surface area contributed by atoms with E-state index in [-0.39, 0.29) is 5.97 Å². The molecule has 0 unspecified atom stereocenters. The predicted molar refractivity (Wildman–Crippen MR) is 55.9 cm³/mol. The van der Waals surface area contributed by atoms with Gasteiger partial charge in [-0.15, -0.1) is 0 Å². The molecule has 3 nitrogen and oxygen atoms in total. The Bertz CT molecular complexity index is 164. The van der Waals surface area contributed by atoms with Gasteiger partial charge in [-0.25, -0.2) is 0 Å². The summed E-state index contributed by atoms with van der Waals surface area (Å²) >= 11 is 0. The molecule has 0 aromatic rings. The second-order valence-corrected chi connectivity index (χ2v) is 3.14. The fourth-order valence-corrected chi connectivity index (χ4v) is 1.15. The Morgan fingerprint density at radius 1 is 1.14 bits per heavy atom. The number of allylic oxidation sites excluding steroid dienone is 1. The molecule has 0 aromatic carbocycles. The van der Waals surface area contributed by atoms with Crippen LogP contribution in [0.4, 0.5) is 0 Å². The van der Waals surface area contributed by atoms with E-state index in [0.717, 1.165) is 32.1 Å². The van der Waals surface area contributed by atoms with Crippen molar-refractivity contribution in [1.29, 1.82) is 0 Å². The molecule has 0 aliphatic carbocycles. The van der Waals surface area contributed by atoms with Gasteiger partial charge >= 0.3 is 5.97 Å². The van der Waals surface area contributed by atoms with Crippen LogP contribution in [0.3, 0.4) is 0 Å². The molecule has 0 heterocycles. The van der Waals surface area contributed by atoms with Crippen molar-refractivity contribution in [1.82, 2.24) is 0 Å². The van der Waals surface area contributed by atoms with Gasteiger partial charge in [-0.2, -0.15) is 0 Å². The summed E-state index contributed by atoms with van der Waals surface area (Å²) in [5.41, 5.74) is 0. The number of hydrogen-bond acceptors (Lipinski definition) is 3. The van der Waals surface area contributed by atoms with Gasteiger partial charge in [-0.1, -0.05) is 12.8 Å². The van der Waals surface area contributed by atoms with Crippen molar-refractivity contribution in [3.8, 4) is 0 Å². The monoisotopic (exact) mass is 200 g/mol. The number of ether oxygens (including phenoxy) is 2. The third kappa shape index (κ3) is 9.10. The number of methoxy groups -OCH3 is 2. The summed E-state index contributed by atoms with van der Waals surface area (Å²) in [5, 5.41) is 0. The Hall–Kier alpha value is -0.990. The molecular weight excluding hydrogens is 180 g/mol. The van der Waals surface area contributed by atoms with Crippen molar-refractivity contribution >= 4 is 5.97 Å². The number of hydrogen-bond donors (Lipinski definition) is 0. The van der Waals surface area contributed by atoms with Gasteiger partial charge in [0.15, 0.2) is 0 Å². The lowest BCUT2D eigenvalue weighted by Gasteiger charge is -1.99. The SMILES string of the molecule is COC=CCCCCCCC(=O)OC. The first-order valence-corrected chi connectivity index (χ1v) is 5.06. The maximum atomic E-state index is 10.7. The van der Waals surface area contributed by atoms with Gasteiger partial charge in [0.2, 0.25) is 0 Å².